The molecule has 0 fully saturated rings. The third-order valence-electron chi connectivity index (χ3n) is 3.89. The first-order valence-corrected chi connectivity index (χ1v) is 7.69. The summed E-state index contributed by atoms with van der Waals surface area (Å²) in [6.07, 6.45) is 0. The Bertz CT molecular complexity index is 930. The van der Waals surface area contributed by atoms with Crippen LogP contribution in [0.5, 0.6) is 11.5 Å². The molecule has 2 aromatic carbocycles. The van der Waals surface area contributed by atoms with Crippen molar-refractivity contribution in [3.8, 4) is 11.5 Å². The van der Waals surface area contributed by atoms with Gasteiger partial charge in [-0.15, -0.1) is 0 Å². The van der Waals surface area contributed by atoms with Gasteiger partial charge in [0.25, 0.3) is 5.91 Å². The third-order valence-corrected chi connectivity index (χ3v) is 3.89. The number of ether oxygens (including phenoxy) is 1. The largest absolute Gasteiger partial charge is 0.457 e. The average molecular weight is 337 g/mol. The number of amides is 1. The van der Waals surface area contributed by atoms with E-state index in [4.69, 9.17) is 21.6 Å². The van der Waals surface area contributed by atoms with Gasteiger partial charge in [-0.3, -0.25) is 15.1 Å². The summed E-state index contributed by atoms with van der Waals surface area (Å²) in [5, 5.41) is 8.21. The molecule has 3 aromatic rings. The predicted molar refractivity (Wildman–Crippen MR) is 96.7 cm³/mol. The number of aromatic amines is 1. The van der Waals surface area contributed by atoms with Gasteiger partial charge in [0.1, 0.15) is 17.2 Å². The van der Waals surface area contributed by atoms with Crippen LogP contribution in [0, 0.1) is 5.41 Å². The minimum Gasteiger partial charge on any atom is -0.457 e. The van der Waals surface area contributed by atoms with Crippen molar-refractivity contribution in [2.45, 2.75) is 6.54 Å². The number of nitrogens with one attached hydrogen (secondary N) is 2. The van der Waals surface area contributed by atoms with Crippen LogP contribution in [0.25, 0.3) is 10.9 Å². The lowest BCUT2D eigenvalue weighted by Gasteiger charge is -2.12. The maximum absolute atomic E-state index is 12.2. The van der Waals surface area contributed by atoms with Crippen LogP contribution in [0.15, 0.2) is 48.5 Å². The predicted octanol–water partition coefficient (Wildman–Crippen LogP) is 2.38. The van der Waals surface area contributed by atoms with Crippen molar-refractivity contribution < 1.29 is 9.53 Å². The van der Waals surface area contributed by atoms with Crippen molar-refractivity contribution in [3.05, 3.63) is 59.8 Å². The summed E-state index contributed by atoms with van der Waals surface area (Å²) in [5.74, 6) is 0.668. The molecule has 7 heteroatoms. The number of carbonyl (C=O) groups is 1. The number of nitrogens with zero attached hydrogens (tertiary/aromatic N) is 1. The number of hydrogen-bond acceptors (Lipinski definition) is 4. The molecule has 0 radical (unpaired) electrons. The second-order valence-electron chi connectivity index (χ2n) is 5.63. The lowest BCUT2D eigenvalue weighted by Crippen LogP contribution is -2.38. The maximum Gasteiger partial charge on any atom is 0.276 e. The van der Waals surface area contributed by atoms with Crippen LogP contribution in [0.4, 0.5) is 0 Å². The molecule has 0 aliphatic carbocycles. The molecule has 25 heavy (non-hydrogen) atoms. The quantitative estimate of drug-likeness (QED) is 0.431. The number of aromatic nitrogens is 1. The lowest BCUT2D eigenvalue weighted by molar-refractivity contribution is 0.0864. The second-order valence-corrected chi connectivity index (χ2v) is 5.63. The summed E-state index contributed by atoms with van der Waals surface area (Å²) in [6.45, 7) is 0.486. The van der Waals surface area contributed by atoms with Crippen LogP contribution >= 0.6 is 0 Å². The molecule has 0 aliphatic rings. The van der Waals surface area contributed by atoms with Crippen molar-refractivity contribution in [1.29, 1.82) is 5.41 Å². The Kier molecular flexibility index (Phi) is 4.40. The highest BCUT2D eigenvalue weighted by molar-refractivity contribution is 6.05. The Hall–Kier alpha value is -3.32. The molecular weight excluding hydrogens is 318 g/mol. The van der Waals surface area contributed by atoms with E-state index in [1.807, 2.05) is 42.5 Å². The van der Waals surface area contributed by atoms with Gasteiger partial charge in [0.2, 0.25) is 0 Å². The monoisotopic (exact) mass is 337 g/mol. The zero-order valence-corrected chi connectivity index (χ0v) is 13.7. The van der Waals surface area contributed by atoms with E-state index < -0.39 is 0 Å². The zero-order valence-electron chi connectivity index (χ0n) is 13.7. The summed E-state index contributed by atoms with van der Waals surface area (Å²) >= 11 is 0. The Morgan fingerprint density at radius 3 is 2.48 bits per heavy atom. The molecule has 1 heterocycles. The first kappa shape index (κ1) is 16.5. The molecule has 0 saturated heterocycles. The van der Waals surface area contributed by atoms with E-state index in [-0.39, 0.29) is 11.9 Å². The molecule has 1 amide bonds. The highest BCUT2D eigenvalue weighted by Gasteiger charge is 2.16. The van der Waals surface area contributed by atoms with E-state index in [2.05, 4.69) is 4.98 Å². The van der Waals surface area contributed by atoms with Gasteiger partial charge in [-0.1, -0.05) is 12.1 Å². The molecule has 0 atom stereocenters. The molecule has 6 N–H and O–H groups in total. The summed E-state index contributed by atoms with van der Waals surface area (Å²) in [7, 11) is 1.45. The Morgan fingerprint density at radius 1 is 1.16 bits per heavy atom. The molecule has 0 spiro atoms. The van der Waals surface area contributed by atoms with Crippen LogP contribution in [0.3, 0.4) is 0 Å². The number of guanidine groups is 1. The number of nitrogens with two attached hydrogens (primary N) is 2. The fraction of sp³-hybridized carbons (Fsp3) is 0.111. The summed E-state index contributed by atoms with van der Waals surface area (Å²) in [4.78, 5) is 16.3. The van der Waals surface area contributed by atoms with E-state index >= 15 is 0 Å². The minimum atomic E-state index is -0.372. The molecule has 0 unspecified atom stereocenters. The van der Waals surface area contributed by atoms with E-state index in [0.29, 0.717) is 23.7 Å². The Balaban J connectivity index is 1.84. The number of H-pyrrole nitrogens is 1. The smallest absolute Gasteiger partial charge is 0.276 e. The average Bonchev–Trinajstić information content (AvgIpc) is 3.04. The second kappa shape index (κ2) is 6.66. The van der Waals surface area contributed by atoms with E-state index in [9.17, 15) is 4.79 Å². The molecular formula is C18H19N5O2. The van der Waals surface area contributed by atoms with Gasteiger partial charge in [0.15, 0.2) is 5.96 Å². The number of hydrogen-bond donors (Lipinski definition) is 4. The van der Waals surface area contributed by atoms with E-state index in [1.54, 1.807) is 6.07 Å². The Labute approximate surface area is 144 Å². The number of rotatable bonds is 4. The standard InChI is InChI=1S/C18H19N5O2/c1-23(18(20)21)17(24)16-8-12-4-7-14(9-15(12)22-16)25-13-5-2-11(10-19)3-6-13/h2-9,22H,10,19H2,1H3,(H3,20,21). The molecule has 0 saturated carbocycles. The minimum absolute atomic E-state index is 0.311. The molecule has 3 rings (SSSR count). The van der Waals surface area contributed by atoms with Gasteiger partial charge in [-0.25, -0.2) is 0 Å². The first-order chi connectivity index (χ1) is 12.0. The molecule has 128 valence electrons. The van der Waals surface area contributed by atoms with Gasteiger partial charge < -0.3 is 21.2 Å². The fourth-order valence-corrected chi connectivity index (χ4v) is 2.40. The van der Waals surface area contributed by atoms with Crippen LogP contribution in [0.1, 0.15) is 16.1 Å². The highest BCUT2D eigenvalue weighted by Crippen LogP contribution is 2.26. The Morgan fingerprint density at radius 2 is 1.84 bits per heavy atom. The fourth-order valence-electron chi connectivity index (χ4n) is 2.40. The summed E-state index contributed by atoms with van der Waals surface area (Å²) < 4.78 is 5.83. The van der Waals surface area contributed by atoms with Crippen molar-refractivity contribution >= 4 is 22.8 Å². The molecule has 0 bridgehead atoms. The van der Waals surface area contributed by atoms with Crippen LogP contribution < -0.4 is 16.2 Å². The maximum atomic E-state index is 12.2. The van der Waals surface area contributed by atoms with Gasteiger partial charge in [-0.2, -0.15) is 0 Å². The van der Waals surface area contributed by atoms with Crippen LogP contribution in [-0.2, 0) is 6.54 Å². The zero-order chi connectivity index (χ0) is 18.0. The van der Waals surface area contributed by atoms with E-state index in [0.717, 1.165) is 21.4 Å². The van der Waals surface area contributed by atoms with Crippen LogP contribution in [-0.4, -0.2) is 28.8 Å². The molecule has 0 aliphatic heterocycles. The topological polar surface area (TPSA) is 121 Å². The summed E-state index contributed by atoms with van der Waals surface area (Å²) in [6, 6.07) is 14.8. The van der Waals surface area contributed by atoms with Crippen molar-refractivity contribution in [1.82, 2.24) is 9.88 Å². The lowest BCUT2D eigenvalue weighted by atomic mass is 10.2. The molecule has 7 nitrogen and oxygen atoms in total. The van der Waals surface area contributed by atoms with Crippen molar-refractivity contribution in [2.75, 3.05) is 7.05 Å². The van der Waals surface area contributed by atoms with Gasteiger partial charge in [0, 0.05) is 30.6 Å². The third kappa shape index (κ3) is 3.46. The first-order valence-electron chi connectivity index (χ1n) is 7.69. The van der Waals surface area contributed by atoms with Crippen molar-refractivity contribution in [3.63, 3.8) is 0 Å². The van der Waals surface area contributed by atoms with Crippen LogP contribution in [0.2, 0.25) is 0 Å². The summed E-state index contributed by atoms with van der Waals surface area (Å²) in [5.41, 5.74) is 13.1. The van der Waals surface area contributed by atoms with Gasteiger partial charge in [-0.05, 0) is 35.9 Å². The number of carbonyl (C=O) groups excluding carboxylic acids is 1. The number of benzene rings is 2. The van der Waals surface area contributed by atoms with E-state index in [1.165, 1.54) is 7.05 Å². The number of fused-ring (bicyclic) bond motifs is 1. The molecule has 1 aromatic heterocycles. The van der Waals surface area contributed by atoms with Crippen molar-refractivity contribution in [2.24, 2.45) is 11.5 Å². The highest BCUT2D eigenvalue weighted by atomic mass is 16.5. The van der Waals surface area contributed by atoms with Gasteiger partial charge in [0.05, 0.1) is 0 Å². The normalized spacial score (nSPS) is 10.6. The SMILES string of the molecule is CN(C(=N)N)C(=O)c1cc2ccc(Oc3ccc(CN)cc3)cc2[nH]1. The van der Waals surface area contributed by atoms with Gasteiger partial charge >= 0.3 is 0 Å².